The lowest BCUT2D eigenvalue weighted by molar-refractivity contribution is -0.274. The highest BCUT2D eigenvalue weighted by Crippen LogP contribution is 2.26. The summed E-state index contributed by atoms with van der Waals surface area (Å²) in [5.41, 5.74) is 0.697. The Morgan fingerprint density at radius 3 is 2.37 bits per heavy atom. The van der Waals surface area contributed by atoms with Gasteiger partial charge in [0.15, 0.2) is 5.96 Å². The Balaban J connectivity index is 1.89. The number of carbonyl (C=O) groups is 1. The summed E-state index contributed by atoms with van der Waals surface area (Å²) in [6.45, 7) is 3.01. The number of hydrogen-bond donors (Lipinski definition) is 4. The summed E-state index contributed by atoms with van der Waals surface area (Å²) in [5.74, 6) is -0.136. The number of phenolic OH excluding ortho intramolecular Hbond substituents is 1. The number of aliphatic imine (C=N–C) groups is 1. The molecule has 0 atom stereocenters. The third-order valence-electron chi connectivity index (χ3n) is 3.78. The van der Waals surface area contributed by atoms with Crippen molar-refractivity contribution >= 4 is 11.9 Å². The van der Waals surface area contributed by atoms with Gasteiger partial charge in [-0.1, -0.05) is 18.2 Å². The van der Waals surface area contributed by atoms with Crippen molar-refractivity contribution in [1.29, 1.82) is 0 Å². The standard InChI is InChI=1S/C20H23F3N4O3/c1-2-24-19(26-12-11-25-18(29)14-7-9-16(28)10-8-14)27-13-15-5-3-4-6-17(15)30-20(21,22)23/h3-10,28H,2,11-13H2,1H3,(H,25,29)(H2,24,26,27). The smallest absolute Gasteiger partial charge is 0.508 e. The fourth-order valence-electron chi connectivity index (χ4n) is 2.44. The van der Waals surface area contributed by atoms with Gasteiger partial charge in [0.2, 0.25) is 0 Å². The van der Waals surface area contributed by atoms with E-state index in [0.717, 1.165) is 0 Å². The number of nitrogens with zero attached hydrogens (tertiary/aromatic N) is 1. The quantitative estimate of drug-likeness (QED) is 0.297. The van der Waals surface area contributed by atoms with Crippen LogP contribution in [0.3, 0.4) is 0 Å². The molecule has 10 heteroatoms. The predicted molar refractivity (Wildman–Crippen MR) is 106 cm³/mol. The monoisotopic (exact) mass is 424 g/mol. The lowest BCUT2D eigenvalue weighted by atomic mass is 10.2. The van der Waals surface area contributed by atoms with Crippen LogP contribution in [0.1, 0.15) is 22.8 Å². The summed E-state index contributed by atoms with van der Waals surface area (Å²) < 4.78 is 41.6. The van der Waals surface area contributed by atoms with Crippen molar-refractivity contribution in [2.45, 2.75) is 19.8 Å². The van der Waals surface area contributed by atoms with Crippen LogP contribution in [0.15, 0.2) is 53.5 Å². The number of hydrogen-bond acceptors (Lipinski definition) is 4. The minimum atomic E-state index is -4.78. The predicted octanol–water partition coefficient (Wildman–Crippen LogP) is 2.78. The Bertz CT molecular complexity index is 855. The van der Waals surface area contributed by atoms with Crippen LogP contribution >= 0.6 is 0 Å². The van der Waals surface area contributed by atoms with Gasteiger partial charge in [-0.3, -0.25) is 4.79 Å². The second kappa shape index (κ2) is 10.9. The SMILES string of the molecule is CCNC(=NCc1ccccc1OC(F)(F)F)NCCNC(=O)c1ccc(O)cc1. The van der Waals surface area contributed by atoms with Crippen LogP contribution in [0, 0.1) is 0 Å². The molecule has 0 aromatic heterocycles. The molecule has 0 heterocycles. The maximum Gasteiger partial charge on any atom is 0.573 e. The van der Waals surface area contributed by atoms with Crippen molar-refractivity contribution in [3.8, 4) is 11.5 Å². The third-order valence-corrected chi connectivity index (χ3v) is 3.78. The fourth-order valence-corrected chi connectivity index (χ4v) is 2.44. The van der Waals surface area contributed by atoms with Crippen LogP contribution in [0.2, 0.25) is 0 Å². The molecule has 0 spiro atoms. The number of halogens is 3. The molecule has 2 rings (SSSR count). The number of alkyl halides is 3. The van der Waals surface area contributed by atoms with Gasteiger partial charge in [-0.05, 0) is 37.3 Å². The van der Waals surface area contributed by atoms with Gasteiger partial charge < -0.3 is 25.8 Å². The topological polar surface area (TPSA) is 95.0 Å². The number of amides is 1. The van der Waals surface area contributed by atoms with Crippen LogP contribution in [0.4, 0.5) is 13.2 Å². The van der Waals surface area contributed by atoms with Gasteiger partial charge in [0.25, 0.3) is 5.91 Å². The molecular weight excluding hydrogens is 401 g/mol. The van der Waals surface area contributed by atoms with Crippen LogP contribution in [-0.4, -0.2) is 43.0 Å². The number of carbonyl (C=O) groups excluding carboxylic acids is 1. The maximum atomic E-state index is 12.5. The number of para-hydroxylation sites is 1. The lowest BCUT2D eigenvalue weighted by Crippen LogP contribution is -2.41. The molecule has 7 nitrogen and oxygen atoms in total. The van der Waals surface area contributed by atoms with Crippen molar-refractivity contribution < 1.29 is 27.8 Å². The first-order valence-electron chi connectivity index (χ1n) is 9.21. The molecule has 0 aliphatic carbocycles. The highest BCUT2D eigenvalue weighted by Gasteiger charge is 2.31. The fraction of sp³-hybridized carbons (Fsp3) is 0.300. The summed E-state index contributed by atoms with van der Waals surface area (Å²) in [4.78, 5) is 16.3. The molecule has 30 heavy (non-hydrogen) atoms. The molecule has 162 valence electrons. The summed E-state index contributed by atoms with van der Waals surface area (Å²) in [6, 6.07) is 11.6. The van der Waals surface area contributed by atoms with E-state index < -0.39 is 6.36 Å². The minimum absolute atomic E-state index is 0.0263. The van der Waals surface area contributed by atoms with Gasteiger partial charge in [0.05, 0.1) is 6.54 Å². The lowest BCUT2D eigenvalue weighted by Gasteiger charge is -2.14. The zero-order valence-electron chi connectivity index (χ0n) is 16.3. The number of benzene rings is 2. The first kappa shape index (κ1) is 22.9. The van der Waals surface area contributed by atoms with Crippen molar-refractivity contribution in [3.05, 3.63) is 59.7 Å². The Labute approximate surface area is 172 Å². The molecule has 0 saturated carbocycles. The van der Waals surface area contributed by atoms with E-state index in [1.807, 2.05) is 6.92 Å². The molecule has 0 unspecified atom stereocenters. The highest BCUT2D eigenvalue weighted by atomic mass is 19.4. The van der Waals surface area contributed by atoms with Crippen molar-refractivity contribution in [2.24, 2.45) is 4.99 Å². The molecular formula is C20H23F3N4O3. The Kier molecular flexibility index (Phi) is 8.33. The van der Waals surface area contributed by atoms with Gasteiger partial charge in [0.1, 0.15) is 11.5 Å². The van der Waals surface area contributed by atoms with Gasteiger partial charge in [-0.15, -0.1) is 13.2 Å². The molecule has 2 aromatic rings. The highest BCUT2D eigenvalue weighted by molar-refractivity contribution is 5.94. The normalized spacial score (nSPS) is 11.7. The largest absolute Gasteiger partial charge is 0.573 e. The van der Waals surface area contributed by atoms with Crippen LogP contribution < -0.4 is 20.7 Å². The van der Waals surface area contributed by atoms with Crippen molar-refractivity contribution in [3.63, 3.8) is 0 Å². The first-order valence-corrected chi connectivity index (χ1v) is 9.21. The molecule has 2 aromatic carbocycles. The number of ether oxygens (including phenoxy) is 1. The maximum absolute atomic E-state index is 12.5. The number of guanidine groups is 1. The summed E-state index contributed by atoms with van der Waals surface area (Å²) >= 11 is 0. The third kappa shape index (κ3) is 7.90. The van der Waals surface area contributed by atoms with E-state index in [-0.39, 0.29) is 36.1 Å². The zero-order valence-corrected chi connectivity index (χ0v) is 16.3. The van der Waals surface area contributed by atoms with E-state index >= 15 is 0 Å². The number of phenols is 1. The first-order chi connectivity index (χ1) is 14.3. The zero-order chi connectivity index (χ0) is 22.0. The van der Waals surface area contributed by atoms with Crippen molar-refractivity contribution in [2.75, 3.05) is 19.6 Å². The van der Waals surface area contributed by atoms with Crippen LogP contribution in [0.5, 0.6) is 11.5 Å². The van der Waals surface area contributed by atoms with E-state index in [2.05, 4.69) is 25.7 Å². The van der Waals surface area contributed by atoms with Gasteiger partial charge >= 0.3 is 6.36 Å². The number of rotatable bonds is 8. The number of aromatic hydroxyl groups is 1. The number of nitrogens with one attached hydrogen (secondary N) is 3. The van der Waals surface area contributed by atoms with E-state index in [9.17, 15) is 23.1 Å². The summed E-state index contributed by atoms with van der Waals surface area (Å²) in [5, 5.41) is 17.9. The summed E-state index contributed by atoms with van der Waals surface area (Å²) in [6.07, 6.45) is -4.78. The molecule has 1 amide bonds. The van der Waals surface area contributed by atoms with Gasteiger partial charge in [0, 0.05) is 30.8 Å². The van der Waals surface area contributed by atoms with Crippen LogP contribution in [-0.2, 0) is 6.54 Å². The second-order valence-corrected chi connectivity index (χ2v) is 6.08. The second-order valence-electron chi connectivity index (χ2n) is 6.08. The van der Waals surface area contributed by atoms with Gasteiger partial charge in [-0.2, -0.15) is 0 Å². The molecule has 4 N–H and O–H groups in total. The molecule has 0 saturated heterocycles. The average molecular weight is 424 g/mol. The average Bonchev–Trinajstić information content (AvgIpc) is 2.69. The minimum Gasteiger partial charge on any atom is -0.508 e. The Hall–Kier alpha value is -3.43. The molecule has 0 aliphatic rings. The van der Waals surface area contributed by atoms with Crippen molar-refractivity contribution in [1.82, 2.24) is 16.0 Å². The van der Waals surface area contributed by atoms with Gasteiger partial charge in [-0.25, -0.2) is 4.99 Å². The Morgan fingerprint density at radius 2 is 1.70 bits per heavy atom. The van der Waals surface area contributed by atoms with E-state index in [4.69, 9.17) is 0 Å². The molecule has 0 fully saturated rings. The molecule has 0 radical (unpaired) electrons. The molecule has 0 aliphatic heterocycles. The van der Waals surface area contributed by atoms with E-state index in [0.29, 0.717) is 24.6 Å². The Morgan fingerprint density at radius 1 is 1.03 bits per heavy atom. The van der Waals surface area contributed by atoms with E-state index in [1.54, 1.807) is 6.07 Å². The molecule has 0 bridgehead atoms. The van der Waals surface area contributed by atoms with E-state index in [1.165, 1.54) is 42.5 Å². The van der Waals surface area contributed by atoms with Crippen LogP contribution in [0.25, 0.3) is 0 Å². The summed E-state index contributed by atoms with van der Waals surface area (Å²) in [7, 11) is 0.